The number of piperidine rings is 2. The summed E-state index contributed by atoms with van der Waals surface area (Å²) in [7, 11) is -4.39. The Morgan fingerprint density at radius 3 is 2.53 bits per heavy atom. The number of halogens is 3. The highest BCUT2D eigenvalue weighted by Crippen LogP contribution is 2.43. The fraction of sp³-hybridized carbons (Fsp3) is 0.417. The first-order chi connectivity index (χ1) is 26.1. The van der Waals surface area contributed by atoms with E-state index < -0.39 is 76.2 Å². The van der Waals surface area contributed by atoms with E-state index in [9.17, 15) is 32.7 Å². The first-order valence-electron chi connectivity index (χ1n) is 17.8. The normalized spacial score (nSPS) is 22.9. The summed E-state index contributed by atoms with van der Waals surface area (Å²) in [6.45, 7) is 1.38. The minimum Gasteiger partial charge on any atom is -0.506 e. The molecule has 5 heterocycles. The van der Waals surface area contributed by atoms with Crippen LogP contribution in [0, 0.1) is 5.82 Å². The molecule has 3 aromatic carbocycles. The number of rotatable bonds is 8. The number of imide groups is 1. The molecule has 290 valence electrons. The third-order valence-electron chi connectivity index (χ3n) is 10.7. The molecule has 15 nitrogen and oxygen atoms in total. The lowest BCUT2D eigenvalue weighted by atomic mass is 9.85. The number of aryl methyl sites for hydroxylation is 1. The van der Waals surface area contributed by atoms with Gasteiger partial charge in [0.15, 0.2) is 5.82 Å². The van der Waals surface area contributed by atoms with Crippen molar-refractivity contribution in [1.82, 2.24) is 29.6 Å². The van der Waals surface area contributed by atoms with Crippen LogP contribution in [0.5, 0.6) is 11.5 Å². The number of phenols is 1. The number of alkyl halides is 2. The predicted octanol–water partition coefficient (Wildman–Crippen LogP) is 2.47. The molecule has 4 saturated heterocycles. The molecule has 4 fully saturated rings. The van der Waals surface area contributed by atoms with E-state index in [1.807, 2.05) is 6.92 Å². The molecule has 0 radical (unpaired) electrons. The lowest BCUT2D eigenvalue weighted by Crippen LogP contribution is -2.59. The fourth-order valence-corrected chi connectivity index (χ4v) is 9.07. The van der Waals surface area contributed by atoms with Crippen molar-refractivity contribution in [2.24, 2.45) is 0 Å². The molecule has 0 saturated carbocycles. The Kier molecular flexibility index (Phi) is 8.90. The molecule has 4 amide bonds. The highest BCUT2D eigenvalue weighted by Gasteiger charge is 2.46. The van der Waals surface area contributed by atoms with Crippen LogP contribution in [-0.4, -0.2) is 108 Å². The Labute approximate surface area is 312 Å². The van der Waals surface area contributed by atoms with E-state index in [4.69, 9.17) is 4.74 Å². The van der Waals surface area contributed by atoms with Crippen LogP contribution in [0.3, 0.4) is 0 Å². The molecule has 2 unspecified atom stereocenters. The molecule has 19 heteroatoms. The quantitative estimate of drug-likeness (QED) is 0.225. The molecule has 8 rings (SSSR count). The predicted molar refractivity (Wildman–Crippen MR) is 190 cm³/mol. The number of aromatic nitrogens is 2. The van der Waals surface area contributed by atoms with Gasteiger partial charge in [0.2, 0.25) is 17.7 Å². The minimum absolute atomic E-state index is 0.0654. The number of benzene rings is 3. The van der Waals surface area contributed by atoms with Crippen molar-refractivity contribution in [2.75, 3.05) is 43.6 Å². The molecule has 2 atom stereocenters. The molecule has 4 aliphatic rings. The van der Waals surface area contributed by atoms with Gasteiger partial charge in [-0.2, -0.15) is 13.5 Å². The molecular weight excluding hydrogens is 747 g/mol. The number of amides is 4. The van der Waals surface area contributed by atoms with Crippen molar-refractivity contribution in [1.29, 1.82) is 0 Å². The molecular formula is C36H36F3N7O8S. The number of hydrogen-bond donors (Lipinski definition) is 3. The smallest absolute Gasteiger partial charge is 0.326 e. The van der Waals surface area contributed by atoms with Gasteiger partial charge in [-0.3, -0.25) is 34.1 Å². The van der Waals surface area contributed by atoms with E-state index in [0.29, 0.717) is 39.4 Å². The molecule has 4 aromatic rings. The zero-order valence-corrected chi connectivity index (χ0v) is 30.2. The van der Waals surface area contributed by atoms with E-state index in [2.05, 4.69) is 10.4 Å². The van der Waals surface area contributed by atoms with Crippen LogP contribution in [-0.2, 0) is 35.9 Å². The van der Waals surface area contributed by atoms with Gasteiger partial charge >= 0.3 is 10.2 Å². The number of carbonyl (C=O) groups excluding carboxylic acids is 4. The third kappa shape index (κ3) is 6.58. The maximum atomic E-state index is 15.8. The summed E-state index contributed by atoms with van der Waals surface area (Å²) in [6.07, 6.45) is 0.142. The van der Waals surface area contributed by atoms with Crippen LogP contribution in [0.15, 0.2) is 42.5 Å². The number of nitrogens with one attached hydrogen (secondary N) is 2. The average molecular weight is 784 g/mol. The number of hydrogen-bond acceptors (Lipinski definition) is 10. The van der Waals surface area contributed by atoms with E-state index in [0.717, 1.165) is 0 Å². The lowest BCUT2D eigenvalue weighted by Gasteiger charge is -2.42. The number of carbonyl (C=O) groups is 4. The minimum atomic E-state index is -4.39. The molecule has 0 bridgehead atoms. The average Bonchev–Trinajstić information content (AvgIpc) is 3.60. The zero-order chi connectivity index (χ0) is 39.0. The van der Waals surface area contributed by atoms with Crippen LogP contribution in [0.4, 0.5) is 18.9 Å². The second-order valence-electron chi connectivity index (χ2n) is 14.3. The monoisotopic (exact) mass is 783 g/mol. The second kappa shape index (κ2) is 13.4. The standard InChI is InChI=1S/C36H36F3N7O8S/c1-2-45-27-11-20(4-6-23(27)33(41-45)24-7-8-29(48)40-35(24)51)26-9-10-43(18-36(26,38)39)17-31(50)44-14-22(15-44)54-21-5-3-19-12-28(47)34(32(37)25(19)13-21)46-16-30(49)42-55(46,52)53/h3-6,11-13,22,24,26,47H,2,7-10,14-18H2,1H3,(H,42,49)(H,40,48,51). The number of aromatic hydroxyl groups is 1. The highest BCUT2D eigenvalue weighted by molar-refractivity contribution is 7.92. The van der Waals surface area contributed by atoms with E-state index in [1.54, 1.807) is 27.6 Å². The first kappa shape index (κ1) is 36.5. The third-order valence-corrected chi connectivity index (χ3v) is 12.1. The van der Waals surface area contributed by atoms with Crippen molar-refractivity contribution in [2.45, 2.75) is 56.6 Å². The number of ether oxygens (including phenoxy) is 1. The Morgan fingerprint density at radius 2 is 1.84 bits per heavy atom. The Bertz CT molecular complexity index is 2400. The molecule has 55 heavy (non-hydrogen) atoms. The van der Waals surface area contributed by atoms with Crippen LogP contribution in [0.1, 0.15) is 49.3 Å². The summed E-state index contributed by atoms with van der Waals surface area (Å²) in [5.41, 5.74) is 0.908. The lowest BCUT2D eigenvalue weighted by molar-refractivity contribution is -0.144. The van der Waals surface area contributed by atoms with Gasteiger partial charge in [-0.1, -0.05) is 18.2 Å². The number of phenolic OH excluding ortho intramolecular Hbond substituents is 1. The van der Waals surface area contributed by atoms with Gasteiger partial charge in [0, 0.05) is 23.7 Å². The Balaban J connectivity index is 0.887. The van der Waals surface area contributed by atoms with Gasteiger partial charge in [-0.05, 0) is 61.5 Å². The van der Waals surface area contributed by atoms with Gasteiger partial charge in [0.1, 0.15) is 29.8 Å². The first-order valence-corrected chi connectivity index (χ1v) is 19.2. The van der Waals surface area contributed by atoms with Gasteiger partial charge in [0.05, 0.1) is 49.2 Å². The van der Waals surface area contributed by atoms with Crippen molar-refractivity contribution in [3.05, 3.63) is 59.5 Å². The number of likely N-dealkylation sites (tertiary alicyclic amines) is 2. The summed E-state index contributed by atoms with van der Waals surface area (Å²) >= 11 is 0. The van der Waals surface area contributed by atoms with Crippen LogP contribution < -0.4 is 19.1 Å². The topological polar surface area (TPSA) is 183 Å². The fourth-order valence-electron chi connectivity index (χ4n) is 7.91. The molecule has 0 aliphatic carbocycles. The largest absolute Gasteiger partial charge is 0.506 e. The van der Waals surface area contributed by atoms with Crippen molar-refractivity contribution in [3.8, 4) is 11.5 Å². The van der Waals surface area contributed by atoms with Gasteiger partial charge < -0.3 is 14.7 Å². The van der Waals surface area contributed by atoms with E-state index in [1.165, 1.54) is 34.1 Å². The van der Waals surface area contributed by atoms with E-state index in [-0.39, 0.29) is 67.4 Å². The molecule has 3 N–H and O–H groups in total. The van der Waals surface area contributed by atoms with Crippen LogP contribution in [0.2, 0.25) is 0 Å². The van der Waals surface area contributed by atoms with Crippen LogP contribution >= 0.6 is 0 Å². The van der Waals surface area contributed by atoms with E-state index >= 15 is 13.2 Å². The van der Waals surface area contributed by atoms with Gasteiger partial charge in [0.25, 0.3) is 11.8 Å². The van der Waals surface area contributed by atoms with Crippen LogP contribution in [0.25, 0.3) is 21.7 Å². The van der Waals surface area contributed by atoms with Gasteiger partial charge in [-0.25, -0.2) is 22.2 Å². The molecule has 4 aliphatic heterocycles. The maximum Gasteiger partial charge on any atom is 0.326 e. The molecule has 1 aromatic heterocycles. The molecule has 0 spiro atoms. The second-order valence-corrected chi connectivity index (χ2v) is 15.9. The summed E-state index contributed by atoms with van der Waals surface area (Å²) in [6, 6.07) is 10.6. The summed E-state index contributed by atoms with van der Waals surface area (Å²) in [5, 5.41) is 18.2. The van der Waals surface area contributed by atoms with Crippen molar-refractivity contribution >= 4 is 61.2 Å². The summed E-state index contributed by atoms with van der Waals surface area (Å²) in [4.78, 5) is 52.0. The SMILES string of the molecule is CCn1nc(C2CCC(=O)NC2=O)c2ccc(C3CCN(CC(=O)N4CC(Oc5ccc6cc(O)c(N7CC(=O)NS7(=O)=O)c(F)c6c5)C4)CC3(F)F)cc21. The summed E-state index contributed by atoms with van der Waals surface area (Å²) in [5.74, 6) is -8.37. The number of fused-ring (bicyclic) bond motifs is 2. The van der Waals surface area contributed by atoms with Crippen molar-refractivity contribution < 1.29 is 50.6 Å². The highest BCUT2D eigenvalue weighted by atomic mass is 32.2. The van der Waals surface area contributed by atoms with Crippen molar-refractivity contribution in [3.63, 3.8) is 0 Å². The van der Waals surface area contributed by atoms with Gasteiger partial charge in [-0.15, -0.1) is 0 Å². The number of anilines is 1. The Hall–Kier alpha value is -5.43. The number of nitrogens with zero attached hydrogens (tertiary/aromatic N) is 5. The maximum absolute atomic E-state index is 15.8. The summed E-state index contributed by atoms with van der Waals surface area (Å²) < 4.78 is 81.6. The zero-order valence-electron chi connectivity index (χ0n) is 29.4. The Morgan fingerprint density at radius 1 is 1.05 bits per heavy atom.